The van der Waals surface area contributed by atoms with Gasteiger partial charge in [0.25, 0.3) is 0 Å². The Morgan fingerprint density at radius 3 is 2.38 bits per heavy atom. The number of aliphatic hydroxyl groups excluding tert-OH is 2. The van der Waals surface area contributed by atoms with E-state index in [1.54, 1.807) is 27.7 Å². The predicted molar refractivity (Wildman–Crippen MR) is 72.4 cm³/mol. The third-order valence-corrected chi connectivity index (χ3v) is 3.87. The molecule has 0 aromatic carbocycles. The van der Waals surface area contributed by atoms with Gasteiger partial charge >= 0.3 is 12.1 Å². The van der Waals surface area contributed by atoms with Crippen LogP contribution in [-0.2, 0) is 14.3 Å². The van der Waals surface area contributed by atoms with Crippen molar-refractivity contribution in [2.75, 3.05) is 6.61 Å². The zero-order valence-electron chi connectivity index (χ0n) is 12.8. The topological polar surface area (TPSA) is 96.3 Å². The molecule has 2 N–H and O–H groups in total. The Labute approximate surface area is 123 Å². The summed E-state index contributed by atoms with van der Waals surface area (Å²) in [5, 5.41) is 20.1. The molecule has 2 fully saturated rings. The van der Waals surface area contributed by atoms with Crippen LogP contribution in [0.5, 0.6) is 0 Å². The van der Waals surface area contributed by atoms with Crippen LogP contribution in [0.3, 0.4) is 0 Å². The van der Waals surface area contributed by atoms with Crippen molar-refractivity contribution in [3.05, 3.63) is 0 Å². The maximum absolute atomic E-state index is 12.3. The fraction of sp³-hybridized carbons (Fsp3) is 0.857. The van der Waals surface area contributed by atoms with E-state index in [4.69, 9.17) is 9.47 Å². The molecule has 2 heterocycles. The number of ether oxygens (including phenoxy) is 2. The largest absolute Gasteiger partial charge is 0.466 e. The van der Waals surface area contributed by atoms with Crippen molar-refractivity contribution < 1.29 is 29.3 Å². The average Bonchev–Trinajstić information content (AvgIpc) is 2.84. The summed E-state index contributed by atoms with van der Waals surface area (Å²) in [6, 6.07) is -1.41. The third kappa shape index (κ3) is 2.85. The van der Waals surface area contributed by atoms with Crippen LogP contribution >= 0.6 is 0 Å². The highest BCUT2D eigenvalue weighted by atomic mass is 16.6. The Hall–Kier alpha value is -1.34. The summed E-state index contributed by atoms with van der Waals surface area (Å²) in [5.74, 6) is -1.08. The number of fused-ring (bicyclic) bond motifs is 2. The van der Waals surface area contributed by atoms with E-state index < -0.39 is 47.9 Å². The number of carbonyl (C=O) groups is 2. The summed E-state index contributed by atoms with van der Waals surface area (Å²) in [5.41, 5.74) is -0.686. The number of esters is 1. The van der Waals surface area contributed by atoms with Gasteiger partial charge in [0.2, 0.25) is 0 Å². The zero-order chi connectivity index (χ0) is 15.9. The number of hydrogen-bond acceptors (Lipinski definition) is 6. The van der Waals surface area contributed by atoms with E-state index in [-0.39, 0.29) is 13.0 Å². The van der Waals surface area contributed by atoms with E-state index in [0.717, 1.165) is 0 Å². The molecule has 7 heteroatoms. The molecule has 0 unspecified atom stereocenters. The molecule has 21 heavy (non-hydrogen) atoms. The highest BCUT2D eigenvalue weighted by Crippen LogP contribution is 2.43. The van der Waals surface area contributed by atoms with Crippen molar-refractivity contribution in [3.8, 4) is 0 Å². The maximum atomic E-state index is 12.3. The Balaban J connectivity index is 2.19. The highest BCUT2D eigenvalue weighted by Gasteiger charge is 2.62. The first kappa shape index (κ1) is 16.0. The molecule has 0 spiro atoms. The van der Waals surface area contributed by atoms with Gasteiger partial charge in [-0.2, -0.15) is 0 Å². The number of amides is 1. The van der Waals surface area contributed by atoms with Gasteiger partial charge in [-0.15, -0.1) is 0 Å². The molecular weight excluding hydrogens is 278 g/mol. The van der Waals surface area contributed by atoms with Crippen LogP contribution in [0, 0.1) is 5.92 Å². The second-order valence-electron chi connectivity index (χ2n) is 6.52. The predicted octanol–water partition coefficient (Wildman–Crippen LogP) is 0.279. The summed E-state index contributed by atoms with van der Waals surface area (Å²) < 4.78 is 10.3. The monoisotopic (exact) mass is 301 g/mol. The van der Waals surface area contributed by atoms with E-state index in [9.17, 15) is 19.8 Å². The summed E-state index contributed by atoms with van der Waals surface area (Å²) in [4.78, 5) is 25.5. The first-order valence-corrected chi connectivity index (χ1v) is 7.21. The van der Waals surface area contributed by atoms with Crippen LogP contribution in [-0.4, -0.2) is 63.7 Å². The molecular formula is C14H23NO6. The van der Waals surface area contributed by atoms with Crippen molar-refractivity contribution in [2.24, 2.45) is 5.92 Å². The third-order valence-electron chi connectivity index (χ3n) is 3.87. The van der Waals surface area contributed by atoms with Gasteiger partial charge in [-0.05, 0) is 34.1 Å². The molecule has 0 saturated carbocycles. The summed E-state index contributed by atoms with van der Waals surface area (Å²) >= 11 is 0. The molecule has 0 radical (unpaired) electrons. The highest BCUT2D eigenvalue weighted by molar-refractivity contribution is 5.78. The molecule has 2 saturated heterocycles. The van der Waals surface area contributed by atoms with Crippen molar-refractivity contribution in [3.63, 3.8) is 0 Å². The van der Waals surface area contributed by atoms with Gasteiger partial charge in [-0.1, -0.05) is 0 Å². The quantitative estimate of drug-likeness (QED) is 0.711. The lowest BCUT2D eigenvalue weighted by molar-refractivity contribution is -0.151. The van der Waals surface area contributed by atoms with E-state index in [2.05, 4.69) is 0 Å². The molecule has 0 aromatic rings. The van der Waals surface area contributed by atoms with Crippen LogP contribution < -0.4 is 0 Å². The maximum Gasteiger partial charge on any atom is 0.410 e. The molecule has 1 amide bonds. The molecule has 0 aromatic heterocycles. The van der Waals surface area contributed by atoms with E-state index in [1.165, 1.54) is 4.90 Å². The van der Waals surface area contributed by atoms with Crippen LogP contribution in [0.1, 0.15) is 34.1 Å². The Morgan fingerprint density at radius 1 is 1.24 bits per heavy atom. The van der Waals surface area contributed by atoms with Crippen LogP contribution in [0.4, 0.5) is 4.79 Å². The fourth-order valence-corrected chi connectivity index (χ4v) is 3.12. The van der Waals surface area contributed by atoms with Gasteiger partial charge < -0.3 is 19.7 Å². The van der Waals surface area contributed by atoms with Gasteiger partial charge in [0.1, 0.15) is 17.8 Å². The van der Waals surface area contributed by atoms with Gasteiger partial charge in [-0.3, -0.25) is 9.69 Å². The lowest BCUT2D eigenvalue weighted by atomic mass is 9.85. The standard InChI is InChI=1S/C14H23NO6/c1-5-20-12(18)7-6-8-10(16)11(17)9(7)15(8)13(19)21-14(2,3)4/h7-11,16-17H,5-6H2,1-4H3/t7-,8-,9+,10-,11+/m1/s1. The molecule has 7 nitrogen and oxygen atoms in total. The van der Waals surface area contributed by atoms with E-state index in [1.807, 2.05) is 0 Å². The molecule has 2 aliphatic rings. The lowest BCUT2D eigenvalue weighted by Gasteiger charge is -2.28. The first-order valence-electron chi connectivity index (χ1n) is 7.21. The van der Waals surface area contributed by atoms with E-state index in [0.29, 0.717) is 0 Å². The Bertz CT molecular complexity index is 432. The van der Waals surface area contributed by atoms with Gasteiger partial charge in [0.05, 0.1) is 24.6 Å². The number of aliphatic hydroxyl groups is 2. The minimum absolute atomic E-state index is 0.234. The number of carbonyl (C=O) groups excluding carboxylic acids is 2. The molecule has 2 rings (SSSR count). The second kappa shape index (κ2) is 5.46. The zero-order valence-corrected chi connectivity index (χ0v) is 12.8. The lowest BCUT2D eigenvalue weighted by Crippen LogP contribution is -2.46. The minimum atomic E-state index is -1.16. The normalized spacial score (nSPS) is 35.0. The van der Waals surface area contributed by atoms with Gasteiger partial charge in [0, 0.05) is 0 Å². The summed E-state index contributed by atoms with van der Waals surface area (Å²) in [7, 11) is 0. The Kier molecular flexibility index (Phi) is 4.17. The minimum Gasteiger partial charge on any atom is -0.466 e. The number of nitrogens with zero attached hydrogens (tertiary/aromatic N) is 1. The first-order chi connectivity index (χ1) is 9.67. The molecule has 2 bridgehead atoms. The molecule has 120 valence electrons. The summed E-state index contributed by atoms with van der Waals surface area (Å²) in [6.07, 6.45) is -2.57. The molecule has 2 aliphatic heterocycles. The number of rotatable bonds is 2. The van der Waals surface area contributed by atoms with Crippen molar-refractivity contribution >= 4 is 12.1 Å². The van der Waals surface area contributed by atoms with Crippen LogP contribution in [0.15, 0.2) is 0 Å². The number of hydrogen-bond donors (Lipinski definition) is 2. The van der Waals surface area contributed by atoms with Gasteiger partial charge in [-0.25, -0.2) is 4.79 Å². The SMILES string of the molecule is CCOC(=O)[C@@H]1C[C@@H]2[C@@H](O)[C@@H](O)[C@H]1N2C(=O)OC(C)(C)C. The smallest absolute Gasteiger partial charge is 0.410 e. The average molecular weight is 301 g/mol. The molecule has 5 atom stereocenters. The van der Waals surface area contributed by atoms with Crippen molar-refractivity contribution in [1.82, 2.24) is 4.90 Å². The van der Waals surface area contributed by atoms with Crippen molar-refractivity contribution in [2.45, 2.75) is 64.0 Å². The van der Waals surface area contributed by atoms with Crippen LogP contribution in [0.2, 0.25) is 0 Å². The fourth-order valence-electron chi connectivity index (χ4n) is 3.12. The Morgan fingerprint density at radius 2 is 1.86 bits per heavy atom. The molecule has 0 aliphatic carbocycles. The summed E-state index contributed by atoms with van der Waals surface area (Å²) in [6.45, 7) is 7.13. The van der Waals surface area contributed by atoms with E-state index >= 15 is 0 Å². The van der Waals surface area contributed by atoms with Gasteiger partial charge in [0.15, 0.2) is 0 Å². The second-order valence-corrected chi connectivity index (χ2v) is 6.52. The van der Waals surface area contributed by atoms with Crippen LogP contribution in [0.25, 0.3) is 0 Å². The van der Waals surface area contributed by atoms with Crippen molar-refractivity contribution in [1.29, 1.82) is 0 Å².